The second kappa shape index (κ2) is 4.95. The highest BCUT2D eigenvalue weighted by Crippen LogP contribution is 2.06. The van der Waals surface area contributed by atoms with E-state index in [9.17, 15) is 14.0 Å². The van der Waals surface area contributed by atoms with Gasteiger partial charge in [-0.3, -0.25) is 4.79 Å². The molecule has 0 aliphatic rings. The Balaban J connectivity index is 2.65. The molecule has 0 fully saturated rings. The fourth-order valence-electron chi connectivity index (χ4n) is 1.28. The summed E-state index contributed by atoms with van der Waals surface area (Å²) >= 11 is 0. The van der Waals surface area contributed by atoms with E-state index in [1.807, 2.05) is 0 Å². The molecule has 5 heteroatoms. The highest BCUT2D eigenvalue weighted by Gasteiger charge is 2.28. The number of carbonyl (C=O) groups is 2. The molecule has 0 heterocycles. The summed E-state index contributed by atoms with van der Waals surface area (Å²) in [6, 6.07) is 5.63. The summed E-state index contributed by atoms with van der Waals surface area (Å²) in [5, 5.41) is 11.2. The van der Waals surface area contributed by atoms with Crippen LogP contribution in [0.4, 0.5) is 4.39 Å². The smallest absolute Gasteiger partial charge is 0.328 e. The maximum Gasteiger partial charge on any atom is 0.328 e. The van der Waals surface area contributed by atoms with Crippen LogP contribution in [0.3, 0.4) is 0 Å². The molecule has 0 aromatic heterocycles. The van der Waals surface area contributed by atoms with E-state index in [-0.39, 0.29) is 6.42 Å². The monoisotopic (exact) mass is 239 g/mol. The van der Waals surface area contributed by atoms with Crippen molar-refractivity contribution in [1.29, 1.82) is 0 Å². The third-order valence-corrected chi connectivity index (χ3v) is 2.24. The van der Waals surface area contributed by atoms with Crippen molar-refractivity contribution < 1.29 is 19.1 Å². The summed E-state index contributed by atoms with van der Waals surface area (Å²) in [6.07, 6.45) is -0.0472. The topological polar surface area (TPSA) is 66.4 Å². The van der Waals surface area contributed by atoms with Gasteiger partial charge in [-0.15, -0.1) is 0 Å². The molecule has 1 aromatic carbocycles. The van der Waals surface area contributed by atoms with Crippen LogP contribution in [0.25, 0.3) is 0 Å². The molecule has 1 amide bonds. The van der Waals surface area contributed by atoms with Crippen LogP contribution >= 0.6 is 0 Å². The van der Waals surface area contributed by atoms with Crippen LogP contribution in [-0.4, -0.2) is 22.5 Å². The van der Waals surface area contributed by atoms with Crippen LogP contribution in [0.2, 0.25) is 0 Å². The van der Waals surface area contributed by atoms with E-state index in [2.05, 4.69) is 5.32 Å². The average molecular weight is 239 g/mol. The van der Waals surface area contributed by atoms with Gasteiger partial charge in [-0.1, -0.05) is 12.1 Å². The van der Waals surface area contributed by atoms with Gasteiger partial charge >= 0.3 is 5.97 Å². The molecule has 1 aromatic rings. The Morgan fingerprint density at radius 3 is 2.59 bits per heavy atom. The van der Waals surface area contributed by atoms with E-state index in [1.165, 1.54) is 32.0 Å². The molecule has 0 spiro atoms. The normalized spacial score (nSPS) is 11.0. The van der Waals surface area contributed by atoms with E-state index in [0.29, 0.717) is 5.56 Å². The Morgan fingerprint density at radius 2 is 2.06 bits per heavy atom. The van der Waals surface area contributed by atoms with Gasteiger partial charge in [0, 0.05) is 0 Å². The number of carbonyl (C=O) groups excluding carboxylic acids is 1. The molecule has 92 valence electrons. The van der Waals surface area contributed by atoms with Gasteiger partial charge in [-0.25, -0.2) is 9.18 Å². The number of benzene rings is 1. The zero-order valence-electron chi connectivity index (χ0n) is 9.66. The minimum atomic E-state index is -1.33. The van der Waals surface area contributed by atoms with Crippen LogP contribution in [0, 0.1) is 5.82 Å². The third-order valence-electron chi connectivity index (χ3n) is 2.24. The van der Waals surface area contributed by atoms with Crippen molar-refractivity contribution in [2.75, 3.05) is 0 Å². The molecule has 4 nitrogen and oxygen atoms in total. The van der Waals surface area contributed by atoms with Gasteiger partial charge < -0.3 is 10.4 Å². The summed E-state index contributed by atoms with van der Waals surface area (Å²) in [6.45, 7) is 2.78. The van der Waals surface area contributed by atoms with E-state index in [1.54, 1.807) is 6.07 Å². The van der Waals surface area contributed by atoms with Crippen molar-refractivity contribution in [3.8, 4) is 0 Å². The average Bonchev–Trinajstić information content (AvgIpc) is 2.15. The van der Waals surface area contributed by atoms with E-state index >= 15 is 0 Å². The molecule has 0 saturated carbocycles. The minimum Gasteiger partial charge on any atom is -0.480 e. The van der Waals surface area contributed by atoms with Gasteiger partial charge in [0.25, 0.3) is 0 Å². The van der Waals surface area contributed by atoms with E-state index in [4.69, 9.17) is 5.11 Å². The maximum atomic E-state index is 12.9. The summed E-state index contributed by atoms with van der Waals surface area (Å²) in [7, 11) is 0. The highest BCUT2D eigenvalue weighted by molar-refractivity contribution is 5.87. The first-order chi connectivity index (χ1) is 7.81. The number of aliphatic carboxylic acids is 1. The predicted octanol–water partition coefficient (Wildman–Crippen LogP) is 1.35. The van der Waals surface area contributed by atoms with Crippen LogP contribution in [-0.2, 0) is 16.0 Å². The fourth-order valence-corrected chi connectivity index (χ4v) is 1.28. The molecular weight excluding hydrogens is 225 g/mol. The highest BCUT2D eigenvalue weighted by atomic mass is 19.1. The Labute approximate surface area is 98.5 Å². The van der Waals surface area contributed by atoms with Crippen molar-refractivity contribution >= 4 is 11.9 Å². The van der Waals surface area contributed by atoms with E-state index in [0.717, 1.165) is 0 Å². The standard InChI is InChI=1S/C12H14FNO3/c1-12(2,11(16)17)14-10(15)7-8-4-3-5-9(13)6-8/h3-6H,7H2,1-2H3,(H,14,15)(H,16,17). The summed E-state index contributed by atoms with van der Waals surface area (Å²) in [5.74, 6) is -2.00. The SMILES string of the molecule is CC(C)(NC(=O)Cc1cccc(F)c1)C(=O)O. The van der Waals surface area contributed by atoms with Gasteiger partial charge in [0.15, 0.2) is 0 Å². The number of hydrogen-bond donors (Lipinski definition) is 2. The van der Waals surface area contributed by atoms with Crippen molar-refractivity contribution in [3.05, 3.63) is 35.6 Å². The second-order valence-electron chi connectivity index (χ2n) is 4.29. The number of carboxylic acids is 1. The van der Waals surface area contributed by atoms with Crippen molar-refractivity contribution in [2.24, 2.45) is 0 Å². The third kappa shape index (κ3) is 3.86. The van der Waals surface area contributed by atoms with E-state index < -0.39 is 23.2 Å². The van der Waals surface area contributed by atoms with Gasteiger partial charge in [-0.2, -0.15) is 0 Å². The minimum absolute atomic E-state index is 0.0472. The molecule has 1 rings (SSSR count). The first-order valence-corrected chi connectivity index (χ1v) is 5.10. The van der Waals surface area contributed by atoms with Gasteiger partial charge in [0.2, 0.25) is 5.91 Å². The Hall–Kier alpha value is -1.91. The predicted molar refractivity (Wildman–Crippen MR) is 60.0 cm³/mol. The first kappa shape index (κ1) is 13.2. The summed E-state index contributed by atoms with van der Waals surface area (Å²) in [5.41, 5.74) is -0.826. The van der Waals surface area contributed by atoms with Crippen molar-refractivity contribution in [2.45, 2.75) is 25.8 Å². The summed E-state index contributed by atoms with van der Waals surface area (Å²) in [4.78, 5) is 22.3. The summed E-state index contributed by atoms with van der Waals surface area (Å²) < 4.78 is 12.9. The Morgan fingerprint density at radius 1 is 1.41 bits per heavy atom. The molecule has 2 N–H and O–H groups in total. The lowest BCUT2D eigenvalue weighted by molar-refractivity contribution is -0.145. The van der Waals surface area contributed by atoms with Gasteiger partial charge in [0.05, 0.1) is 6.42 Å². The Bertz CT molecular complexity index is 443. The lowest BCUT2D eigenvalue weighted by Crippen LogP contribution is -2.50. The first-order valence-electron chi connectivity index (χ1n) is 5.10. The maximum absolute atomic E-state index is 12.9. The number of halogens is 1. The van der Waals surface area contributed by atoms with Gasteiger partial charge in [0.1, 0.15) is 11.4 Å². The molecule has 0 radical (unpaired) electrons. The van der Waals surface area contributed by atoms with Crippen LogP contribution in [0.1, 0.15) is 19.4 Å². The Kier molecular flexibility index (Phi) is 3.83. The van der Waals surface area contributed by atoms with Crippen LogP contribution < -0.4 is 5.32 Å². The van der Waals surface area contributed by atoms with Crippen LogP contribution in [0.15, 0.2) is 24.3 Å². The molecule has 0 aliphatic carbocycles. The number of hydrogen-bond acceptors (Lipinski definition) is 2. The lowest BCUT2D eigenvalue weighted by Gasteiger charge is -2.20. The number of rotatable bonds is 4. The largest absolute Gasteiger partial charge is 0.480 e. The van der Waals surface area contributed by atoms with Crippen molar-refractivity contribution in [3.63, 3.8) is 0 Å². The zero-order valence-corrected chi connectivity index (χ0v) is 9.66. The lowest BCUT2D eigenvalue weighted by atomic mass is 10.1. The molecule has 0 saturated heterocycles. The molecule has 17 heavy (non-hydrogen) atoms. The fraction of sp³-hybridized carbons (Fsp3) is 0.333. The number of carboxylic acid groups (broad SMARTS) is 1. The number of amides is 1. The van der Waals surface area contributed by atoms with Crippen LogP contribution in [0.5, 0.6) is 0 Å². The number of nitrogens with one attached hydrogen (secondary N) is 1. The second-order valence-corrected chi connectivity index (χ2v) is 4.29. The molecule has 0 aliphatic heterocycles. The van der Waals surface area contributed by atoms with Crippen molar-refractivity contribution in [1.82, 2.24) is 5.32 Å². The molecule has 0 atom stereocenters. The zero-order chi connectivity index (χ0) is 13.1. The molecule has 0 unspecified atom stereocenters. The van der Waals surface area contributed by atoms with Gasteiger partial charge in [-0.05, 0) is 31.5 Å². The molecular formula is C12H14FNO3. The molecule has 0 bridgehead atoms. The quantitative estimate of drug-likeness (QED) is 0.833.